The summed E-state index contributed by atoms with van der Waals surface area (Å²) >= 11 is 5.79. The Morgan fingerprint density at radius 2 is 2.05 bits per heavy atom. The van der Waals surface area contributed by atoms with E-state index in [9.17, 15) is 5.11 Å². The van der Waals surface area contributed by atoms with Crippen molar-refractivity contribution < 1.29 is 9.63 Å². The van der Waals surface area contributed by atoms with Crippen LogP contribution in [0.25, 0.3) is 22.8 Å². The molecular weight excluding hydrogens is 278 g/mol. The summed E-state index contributed by atoms with van der Waals surface area (Å²) in [4.78, 5) is 8.33. The van der Waals surface area contributed by atoms with Crippen LogP contribution in [-0.2, 0) is 0 Å². The number of benzene rings is 1. The van der Waals surface area contributed by atoms with Crippen LogP contribution in [0.5, 0.6) is 5.75 Å². The van der Waals surface area contributed by atoms with Gasteiger partial charge in [0.1, 0.15) is 5.75 Å². The van der Waals surface area contributed by atoms with Gasteiger partial charge < -0.3 is 9.63 Å². The molecule has 5 nitrogen and oxygen atoms in total. The normalized spacial score (nSPS) is 10.7. The van der Waals surface area contributed by atoms with Gasteiger partial charge in [-0.05, 0) is 36.8 Å². The van der Waals surface area contributed by atoms with E-state index in [1.54, 1.807) is 24.5 Å². The molecule has 0 saturated heterocycles. The van der Waals surface area contributed by atoms with Gasteiger partial charge in [-0.25, -0.2) is 0 Å². The summed E-state index contributed by atoms with van der Waals surface area (Å²) in [5, 5.41) is 14.2. The second-order valence-electron chi connectivity index (χ2n) is 4.28. The molecule has 100 valence electrons. The third-order valence-electron chi connectivity index (χ3n) is 2.90. The first kappa shape index (κ1) is 12.6. The van der Waals surface area contributed by atoms with E-state index in [-0.39, 0.29) is 11.6 Å². The van der Waals surface area contributed by atoms with E-state index < -0.39 is 0 Å². The summed E-state index contributed by atoms with van der Waals surface area (Å²) in [5.74, 6) is 0.660. The Morgan fingerprint density at radius 3 is 2.80 bits per heavy atom. The molecule has 0 aliphatic carbocycles. The SMILES string of the molecule is Cc1ccncc1-c1noc(-c2ccc(Cl)cc2O)n1. The van der Waals surface area contributed by atoms with E-state index in [4.69, 9.17) is 16.1 Å². The standard InChI is InChI=1S/C14H10ClN3O2/c1-8-4-5-16-7-11(8)13-17-14(20-18-13)10-3-2-9(15)6-12(10)19/h2-7,19H,1H3. The minimum atomic E-state index is -0.00407. The number of phenols is 1. The van der Waals surface area contributed by atoms with Gasteiger partial charge in [-0.15, -0.1) is 0 Å². The minimum absolute atomic E-state index is 0.00407. The Hall–Kier alpha value is -2.40. The van der Waals surface area contributed by atoms with Crippen LogP contribution in [0, 0.1) is 6.92 Å². The number of aromatic nitrogens is 3. The average molecular weight is 288 g/mol. The molecule has 1 aromatic carbocycles. The number of pyridine rings is 1. The van der Waals surface area contributed by atoms with Crippen molar-refractivity contribution in [2.24, 2.45) is 0 Å². The number of rotatable bonds is 2. The molecule has 3 aromatic rings. The molecule has 0 radical (unpaired) electrons. The summed E-state index contributed by atoms with van der Waals surface area (Å²) < 4.78 is 5.19. The minimum Gasteiger partial charge on any atom is -0.507 e. The van der Waals surface area contributed by atoms with Gasteiger partial charge in [0.05, 0.1) is 5.56 Å². The monoisotopic (exact) mass is 287 g/mol. The Balaban J connectivity index is 2.04. The summed E-state index contributed by atoms with van der Waals surface area (Å²) in [6.45, 7) is 1.94. The first-order chi connectivity index (χ1) is 9.65. The first-order valence-electron chi connectivity index (χ1n) is 5.89. The van der Waals surface area contributed by atoms with Crippen LogP contribution in [-0.4, -0.2) is 20.2 Å². The lowest BCUT2D eigenvalue weighted by atomic mass is 10.1. The molecule has 0 unspecified atom stereocenters. The van der Waals surface area contributed by atoms with Gasteiger partial charge >= 0.3 is 0 Å². The molecule has 3 rings (SSSR count). The van der Waals surface area contributed by atoms with Crippen LogP contribution in [0.15, 0.2) is 41.2 Å². The lowest BCUT2D eigenvalue weighted by Gasteiger charge is -1.99. The van der Waals surface area contributed by atoms with E-state index in [0.29, 0.717) is 16.4 Å². The maximum atomic E-state index is 9.85. The van der Waals surface area contributed by atoms with Crippen LogP contribution in [0.1, 0.15) is 5.56 Å². The first-order valence-corrected chi connectivity index (χ1v) is 6.26. The highest BCUT2D eigenvalue weighted by Crippen LogP contribution is 2.31. The van der Waals surface area contributed by atoms with Crippen molar-refractivity contribution in [2.75, 3.05) is 0 Å². The number of hydrogen-bond acceptors (Lipinski definition) is 5. The molecular formula is C14H10ClN3O2. The van der Waals surface area contributed by atoms with Crippen molar-refractivity contribution >= 4 is 11.6 Å². The number of phenolic OH excluding ortho intramolecular Hbond substituents is 1. The molecule has 2 heterocycles. The average Bonchev–Trinajstić information content (AvgIpc) is 2.88. The van der Waals surface area contributed by atoms with Crippen molar-refractivity contribution in [2.45, 2.75) is 6.92 Å². The zero-order chi connectivity index (χ0) is 14.1. The highest BCUT2D eigenvalue weighted by molar-refractivity contribution is 6.30. The number of nitrogens with zero attached hydrogens (tertiary/aromatic N) is 3. The summed E-state index contributed by atoms with van der Waals surface area (Å²) in [6.07, 6.45) is 3.37. The Morgan fingerprint density at radius 1 is 1.20 bits per heavy atom. The number of aryl methyl sites for hydroxylation is 1. The molecule has 0 saturated carbocycles. The molecule has 0 aliphatic rings. The molecule has 20 heavy (non-hydrogen) atoms. The predicted molar refractivity (Wildman–Crippen MR) is 74.4 cm³/mol. The van der Waals surface area contributed by atoms with Gasteiger partial charge in [-0.3, -0.25) is 4.98 Å². The van der Waals surface area contributed by atoms with E-state index in [1.807, 2.05) is 13.0 Å². The predicted octanol–water partition coefficient (Wildman–Crippen LogP) is 3.47. The molecule has 0 aliphatic heterocycles. The summed E-state index contributed by atoms with van der Waals surface area (Å²) in [5.41, 5.74) is 2.22. The van der Waals surface area contributed by atoms with E-state index >= 15 is 0 Å². The van der Waals surface area contributed by atoms with Gasteiger partial charge in [-0.1, -0.05) is 16.8 Å². The lowest BCUT2D eigenvalue weighted by molar-refractivity contribution is 0.425. The molecule has 0 amide bonds. The fourth-order valence-electron chi connectivity index (χ4n) is 1.83. The third-order valence-corrected chi connectivity index (χ3v) is 3.13. The fourth-order valence-corrected chi connectivity index (χ4v) is 1.99. The molecule has 2 aromatic heterocycles. The quantitative estimate of drug-likeness (QED) is 0.781. The van der Waals surface area contributed by atoms with Crippen LogP contribution >= 0.6 is 11.6 Å². The van der Waals surface area contributed by atoms with Crippen LogP contribution in [0.4, 0.5) is 0 Å². The van der Waals surface area contributed by atoms with Crippen molar-refractivity contribution in [1.82, 2.24) is 15.1 Å². The summed E-state index contributed by atoms with van der Waals surface area (Å²) in [7, 11) is 0. The zero-order valence-electron chi connectivity index (χ0n) is 10.5. The second-order valence-corrected chi connectivity index (χ2v) is 4.71. The third kappa shape index (κ3) is 2.23. The van der Waals surface area contributed by atoms with Crippen LogP contribution < -0.4 is 0 Å². The van der Waals surface area contributed by atoms with E-state index in [2.05, 4.69) is 15.1 Å². The van der Waals surface area contributed by atoms with E-state index in [0.717, 1.165) is 11.1 Å². The lowest BCUT2D eigenvalue weighted by Crippen LogP contribution is -1.87. The van der Waals surface area contributed by atoms with Crippen molar-refractivity contribution in [3.05, 3.63) is 47.2 Å². The van der Waals surface area contributed by atoms with Crippen LogP contribution in [0.3, 0.4) is 0 Å². The Kier molecular flexibility index (Phi) is 3.12. The molecule has 0 bridgehead atoms. The molecule has 6 heteroatoms. The largest absolute Gasteiger partial charge is 0.507 e. The maximum absolute atomic E-state index is 9.85. The van der Waals surface area contributed by atoms with Crippen LogP contribution in [0.2, 0.25) is 5.02 Å². The van der Waals surface area contributed by atoms with Crippen molar-refractivity contribution in [3.8, 4) is 28.6 Å². The van der Waals surface area contributed by atoms with Gasteiger partial charge in [0.15, 0.2) is 0 Å². The smallest absolute Gasteiger partial charge is 0.262 e. The van der Waals surface area contributed by atoms with Gasteiger partial charge in [0, 0.05) is 23.0 Å². The fraction of sp³-hybridized carbons (Fsp3) is 0.0714. The Labute approximate surface area is 119 Å². The van der Waals surface area contributed by atoms with Gasteiger partial charge in [0.2, 0.25) is 5.82 Å². The topological polar surface area (TPSA) is 72.0 Å². The van der Waals surface area contributed by atoms with Gasteiger partial charge in [-0.2, -0.15) is 4.98 Å². The molecule has 0 atom stereocenters. The maximum Gasteiger partial charge on any atom is 0.262 e. The summed E-state index contributed by atoms with van der Waals surface area (Å²) in [6, 6.07) is 6.57. The Bertz CT molecular complexity index is 771. The zero-order valence-corrected chi connectivity index (χ0v) is 11.3. The molecule has 0 fully saturated rings. The molecule has 1 N–H and O–H groups in total. The molecule has 0 spiro atoms. The highest BCUT2D eigenvalue weighted by Gasteiger charge is 2.15. The number of hydrogen-bond donors (Lipinski definition) is 1. The second kappa shape index (κ2) is 4.94. The number of aromatic hydroxyl groups is 1. The van der Waals surface area contributed by atoms with E-state index in [1.165, 1.54) is 6.07 Å². The van der Waals surface area contributed by atoms with Crippen molar-refractivity contribution in [3.63, 3.8) is 0 Å². The van der Waals surface area contributed by atoms with Crippen molar-refractivity contribution in [1.29, 1.82) is 0 Å². The number of halogens is 1. The van der Waals surface area contributed by atoms with Gasteiger partial charge in [0.25, 0.3) is 5.89 Å². The highest BCUT2D eigenvalue weighted by atomic mass is 35.5.